The maximum Gasteiger partial charge on any atom is 0.321 e. The molecule has 0 aliphatic carbocycles. The lowest BCUT2D eigenvalue weighted by Crippen LogP contribution is -2.79. The van der Waals surface area contributed by atoms with E-state index in [1.807, 2.05) is 0 Å². The van der Waals surface area contributed by atoms with E-state index in [1.165, 1.54) is 44.5 Å². The van der Waals surface area contributed by atoms with Crippen molar-refractivity contribution >= 4 is 34.4 Å². The minimum atomic E-state index is -0.831. The molecule has 0 amide bonds. The maximum atomic E-state index is 7.06. The maximum absolute atomic E-state index is 7.06. The number of aromatic nitrogens is 2. The summed E-state index contributed by atoms with van der Waals surface area (Å²) in [6.07, 6.45) is 4.57. The molecule has 5 heteroatoms. The van der Waals surface area contributed by atoms with Crippen LogP contribution in [0.25, 0.3) is 44.5 Å². The Morgan fingerprint density at radius 2 is 0.712 bits per heavy atom. The Bertz CT molecular complexity index is 2730. The molecule has 13 rings (SSSR count). The topological polar surface area (TPSA) is 23.5 Å². The van der Waals surface area contributed by atoms with E-state index in [0.717, 1.165) is 57.0 Å². The van der Waals surface area contributed by atoms with E-state index in [4.69, 9.17) is 4.74 Å². The van der Waals surface area contributed by atoms with Crippen molar-refractivity contribution in [3.63, 3.8) is 0 Å². The van der Waals surface area contributed by atoms with Crippen LogP contribution in [0.2, 0.25) is 0 Å². The van der Waals surface area contributed by atoms with E-state index in [0.29, 0.717) is 0 Å². The van der Waals surface area contributed by atoms with Gasteiger partial charge in [0, 0.05) is 11.1 Å². The van der Waals surface area contributed by atoms with E-state index in [9.17, 15) is 0 Å². The first-order valence-corrected chi connectivity index (χ1v) is 17.9. The second-order valence-corrected chi connectivity index (χ2v) is 14.1. The van der Waals surface area contributed by atoms with Gasteiger partial charge in [-0.2, -0.15) is 18.9 Å². The van der Waals surface area contributed by atoms with Crippen molar-refractivity contribution in [1.82, 2.24) is 0 Å². The number of para-hydroxylation sites is 2. The van der Waals surface area contributed by atoms with E-state index in [2.05, 4.69) is 189 Å². The third-order valence-electron chi connectivity index (χ3n) is 11.8. The zero-order valence-corrected chi connectivity index (χ0v) is 27.9. The Labute approximate surface area is 300 Å². The van der Waals surface area contributed by atoms with Gasteiger partial charge in [0.25, 0.3) is 11.6 Å². The largest absolute Gasteiger partial charge is 0.456 e. The second kappa shape index (κ2) is 9.22. The summed E-state index contributed by atoms with van der Waals surface area (Å²) in [6.45, 7) is 0. The first kappa shape index (κ1) is 26.8. The van der Waals surface area contributed by atoms with Crippen LogP contribution in [0.5, 0.6) is 11.5 Å². The van der Waals surface area contributed by atoms with Crippen LogP contribution in [0, 0.1) is 0 Å². The number of benzene rings is 6. The zero-order valence-electron chi connectivity index (χ0n) is 27.9. The molecule has 240 valence electrons. The van der Waals surface area contributed by atoms with Crippen LogP contribution in [-0.4, -0.2) is 0 Å². The number of hydrogen-bond donors (Lipinski definition) is 0. The lowest BCUT2D eigenvalue weighted by Gasteiger charge is -2.46. The van der Waals surface area contributed by atoms with Crippen LogP contribution >= 0.6 is 0 Å². The van der Waals surface area contributed by atoms with E-state index >= 15 is 0 Å². The summed E-state index contributed by atoms with van der Waals surface area (Å²) in [7, 11) is 0. The van der Waals surface area contributed by atoms with E-state index in [-0.39, 0.29) is 0 Å². The molecule has 0 bridgehead atoms. The predicted molar refractivity (Wildman–Crippen MR) is 203 cm³/mol. The number of rotatable bonds is 0. The van der Waals surface area contributed by atoms with Crippen molar-refractivity contribution in [1.29, 1.82) is 0 Å². The van der Waals surface area contributed by atoms with Gasteiger partial charge in [0.15, 0.2) is 0 Å². The summed E-state index contributed by atoms with van der Waals surface area (Å²) in [4.78, 5) is 4.95. The fraction of sp³-hybridized carbons (Fsp3) is 0.0213. The van der Waals surface area contributed by atoms with Crippen molar-refractivity contribution in [2.24, 2.45) is 0 Å². The zero-order chi connectivity index (χ0) is 33.7. The van der Waals surface area contributed by atoms with Crippen LogP contribution in [-0.2, 0) is 5.66 Å². The van der Waals surface area contributed by atoms with Crippen LogP contribution in [0.3, 0.4) is 0 Å². The fourth-order valence-electron chi connectivity index (χ4n) is 9.94. The number of hydrogen-bond acceptors (Lipinski definition) is 3. The molecule has 5 aliphatic rings. The molecule has 0 N–H and O–H groups in total. The van der Waals surface area contributed by atoms with Gasteiger partial charge in [0.1, 0.15) is 45.4 Å². The molecule has 0 fully saturated rings. The molecule has 8 aromatic rings. The first-order chi connectivity index (χ1) is 25.8. The van der Waals surface area contributed by atoms with Crippen LogP contribution in [0.15, 0.2) is 170 Å². The van der Waals surface area contributed by atoms with E-state index in [1.54, 1.807) is 0 Å². The molecule has 52 heavy (non-hydrogen) atoms. The molecule has 5 nitrogen and oxygen atoms in total. The first-order valence-electron chi connectivity index (χ1n) is 17.9. The summed E-state index contributed by atoms with van der Waals surface area (Å²) in [5.41, 5.74) is 15.6. The number of anilines is 6. The number of ether oxygens (including phenoxy) is 1. The SMILES string of the molecule is c1ccc2c(c1)-c1ccccc1N1c3cccc4c3C3(c5c(cccc5N5c6ccccc6-c6ccccc6-c6ccc[n+]3c65)O4)[n+]3cccc-2c31. The molecule has 0 saturated heterocycles. The normalized spacial score (nSPS) is 14.8. The molecule has 5 aliphatic heterocycles. The van der Waals surface area contributed by atoms with Crippen LogP contribution in [0.1, 0.15) is 11.1 Å². The Kier molecular flexibility index (Phi) is 4.76. The summed E-state index contributed by atoms with van der Waals surface area (Å²) >= 11 is 0. The third kappa shape index (κ3) is 2.93. The van der Waals surface area contributed by atoms with Gasteiger partial charge in [0.05, 0.1) is 23.5 Å². The molecule has 0 saturated carbocycles. The van der Waals surface area contributed by atoms with Crippen LogP contribution in [0.4, 0.5) is 34.4 Å². The predicted octanol–water partition coefficient (Wildman–Crippen LogP) is 10.5. The highest BCUT2D eigenvalue weighted by Crippen LogP contribution is 2.63. The van der Waals surface area contributed by atoms with Gasteiger partial charge in [-0.3, -0.25) is 0 Å². The van der Waals surface area contributed by atoms with Crippen molar-refractivity contribution in [2.45, 2.75) is 5.66 Å². The van der Waals surface area contributed by atoms with Crippen molar-refractivity contribution in [3.05, 3.63) is 181 Å². The summed E-state index contributed by atoms with van der Waals surface area (Å²) in [6, 6.07) is 57.5. The average molecular weight is 665 g/mol. The quantitative estimate of drug-likeness (QED) is 0.151. The molecule has 0 radical (unpaired) electrons. The molecular formula is C47H28N4O+2. The van der Waals surface area contributed by atoms with Gasteiger partial charge in [-0.25, -0.2) is 0 Å². The molecule has 7 heterocycles. The molecule has 1 spiro atoms. The van der Waals surface area contributed by atoms with E-state index < -0.39 is 5.66 Å². The number of fused-ring (bicyclic) bond motifs is 12. The smallest absolute Gasteiger partial charge is 0.321 e. The minimum absolute atomic E-state index is 0.831. The van der Waals surface area contributed by atoms with Gasteiger partial charge in [-0.15, -0.1) is 0 Å². The Morgan fingerprint density at radius 1 is 0.346 bits per heavy atom. The number of pyridine rings is 2. The van der Waals surface area contributed by atoms with Gasteiger partial charge in [-0.1, -0.05) is 97.1 Å². The monoisotopic (exact) mass is 664 g/mol. The minimum Gasteiger partial charge on any atom is -0.456 e. The van der Waals surface area contributed by atoms with Crippen molar-refractivity contribution in [3.8, 4) is 56.0 Å². The summed E-state index contributed by atoms with van der Waals surface area (Å²) in [5, 5.41) is 0. The standard InChI is InChI=1S/C47H28N4O/c1-3-15-31-29(13-1)33-17-5-7-21-37(33)50-39-23-9-25-41-43(39)47(48-27-11-19-35(31)45(48)50)44-40(24-10-26-42(44)52-41)51-38-22-8-6-18-34(38)30-14-2-4-16-32(30)36-20-12-28-49(47)46(36)51/h1-28H/q+2. The lowest BCUT2D eigenvalue weighted by atomic mass is 9.80. The fourth-order valence-corrected chi connectivity index (χ4v) is 9.94. The van der Waals surface area contributed by atoms with Crippen molar-refractivity contribution in [2.75, 3.05) is 9.80 Å². The van der Waals surface area contributed by atoms with Crippen LogP contribution < -0.4 is 23.7 Å². The molecule has 2 aromatic heterocycles. The van der Waals surface area contributed by atoms with Crippen molar-refractivity contribution < 1.29 is 13.9 Å². The molecule has 0 unspecified atom stereocenters. The Morgan fingerprint density at radius 3 is 1.17 bits per heavy atom. The van der Waals surface area contributed by atoms with Gasteiger partial charge in [-0.05, 0) is 82.9 Å². The third-order valence-corrected chi connectivity index (χ3v) is 11.8. The lowest BCUT2D eigenvalue weighted by molar-refractivity contribution is -0.962. The van der Waals surface area contributed by atoms with Gasteiger partial charge >= 0.3 is 5.66 Å². The Hall–Kier alpha value is -6.98. The highest BCUT2D eigenvalue weighted by atomic mass is 16.5. The molecule has 0 atom stereocenters. The molecule has 6 aromatic carbocycles. The summed E-state index contributed by atoms with van der Waals surface area (Å²) in [5.74, 6) is 3.97. The highest BCUT2D eigenvalue weighted by Gasteiger charge is 2.67. The Balaban J connectivity index is 1.27. The number of nitrogens with zero attached hydrogens (tertiary/aromatic N) is 4. The average Bonchev–Trinajstić information content (AvgIpc) is 3.42. The second-order valence-electron chi connectivity index (χ2n) is 14.1. The summed E-state index contributed by atoms with van der Waals surface area (Å²) < 4.78 is 12.1. The van der Waals surface area contributed by atoms with Gasteiger partial charge in [0.2, 0.25) is 0 Å². The molecular weight excluding hydrogens is 637 g/mol. The highest BCUT2D eigenvalue weighted by molar-refractivity contribution is 6.04. The van der Waals surface area contributed by atoms with Gasteiger partial charge < -0.3 is 4.74 Å².